The van der Waals surface area contributed by atoms with E-state index in [1.807, 2.05) is 13.0 Å². The minimum atomic E-state index is -0.617. The normalized spacial score (nSPS) is 26.0. The van der Waals surface area contributed by atoms with Crippen LogP contribution in [0.25, 0.3) is 0 Å². The van der Waals surface area contributed by atoms with Crippen LogP contribution in [0.4, 0.5) is 0 Å². The molecule has 1 aliphatic heterocycles. The summed E-state index contributed by atoms with van der Waals surface area (Å²) >= 11 is 0. The summed E-state index contributed by atoms with van der Waals surface area (Å²) in [5.74, 6) is -1.18. The molecule has 2 aliphatic carbocycles. The molecule has 0 saturated heterocycles. The standard InChI is InChI=1S/C22H25NO4/c1-13-19(22(26)27-16-8-2-3-9-16)20(14-6-4-7-15(24)12-14)21-17(23-13)10-5-11-18(21)25/h4,6-7,12,16,19-20,24H,2-3,5,8-11H2,1H3/t19?,20-/m0/s1. The maximum Gasteiger partial charge on any atom is 0.315 e. The second-order valence-corrected chi connectivity index (χ2v) is 7.78. The van der Waals surface area contributed by atoms with E-state index in [0.29, 0.717) is 17.7 Å². The molecule has 0 aromatic heterocycles. The Bertz CT molecular complexity index is 832. The molecular formula is C22H25NO4. The van der Waals surface area contributed by atoms with Crippen molar-refractivity contribution in [2.75, 3.05) is 0 Å². The number of ketones is 1. The van der Waals surface area contributed by atoms with Crippen LogP contribution in [0.5, 0.6) is 5.75 Å². The van der Waals surface area contributed by atoms with Crippen molar-refractivity contribution >= 4 is 17.5 Å². The fourth-order valence-electron chi connectivity index (χ4n) is 4.63. The third-order valence-corrected chi connectivity index (χ3v) is 5.90. The summed E-state index contributed by atoms with van der Waals surface area (Å²) < 4.78 is 5.80. The molecule has 0 spiro atoms. The lowest BCUT2D eigenvalue weighted by Gasteiger charge is -2.35. The van der Waals surface area contributed by atoms with Crippen molar-refractivity contribution < 1.29 is 19.4 Å². The third-order valence-electron chi connectivity index (χ3n) is 5.90. The minimum Gasteiger partial charge on any atom is -0.508 e. The number of rotatable bonds is 3. The van der Waals surface area contributed by atoms with Crippen LogP contribution in [0.2, 0.25) is 0 Å². The molecule has 1 saturated carbocycles. The summed E-state index contributed by atoms with van der Waals surface area (Å²) in [4.78, 5) is 30.5. The molecule has 5 nitrogen and oxygen atoms in total. The molecule has 5 heteroatoms. The zero-order valence-electron chi connectivity index (χ0n) is 15.6. The molecule has 2 atom stereocenters. The summed E-state index contributed by atoms with van der Waals surface area (Å²) in [6, 6.07) is 6.85. The molecule has 1 fully saturated rings. The first-order valence-electron chi connectivity index (χ1n) is 9.85. The van der Waals surface area contributed by atoms with Gasteiger partial charge in [0.25, 0.3) is 0 Å². The summed E-state index contributed by atoms with van der Waals surface area (Å²) in [5.41, 5.74) is 2.88. The first-order chi connectivity index (χ1) is 13.0. The van der Waals surface area contributed by atoms with E-state index in [0.717, 1.165) is 49.8 Å². The number of aliphatic imine (C=N–C) groups is 1. The highest BCUT2D eigenvalue weighted by Gasteiger charge is 2.43. The van der Waals surface area contributed by atoms with Crippen LogP contribution in [-0.4, -0.2) is 28.7 Å². The van der Waals surface area contributed by atoms with Gasteiger partial charge in [0, 0.05) is 29.3 Å². The van der Waals surface area contributed by atoms with Gasteiger partial charge in [0.05, 0.1) is 0 Å². The molecule has 1 aromatic carbocycles. The minimum absolute atomic E-state index is 0.0347. The van der Waals surface area contributed by atoms with Gasteiger partial charge < -0.3 is 9.84 Å². The molecule has 0 bridgehead atoms. The van der Waals surface area contributed by atoms with Crippen molar-refractivity contribution in [3.63, 3.8) is 0 Å². The van der Waals surface area contributed by atoms with Crippen LogP contribution in [0.3, 0.4) is 0 Å². The number of phenolic OH excluding ortho intramolecular Hbond substituents is 1. The summed E-state index contributed by atoms with van der Waals surface area (Å²) in [5, 5.41) is 9.98. The molecule has 4 rings (SSSR count). The molecule has 0 radical (unpaired) electrons. The van der Waals surface area contributed by atoms with Gasteiger partial charge in [-0.15, -0.1) is 0 Å². The molecule has 0 amide bonds. The van der Waals surface area contributed by atoms with E-state index in [-0.39, 0.29) is 23.6 Å². The van der Waals surface area contributed by atoms with Gasteiger partial charge in [0.15, 0.2) is 5.78 Å². The van der Waals surface area contributed by atoms with Crippen LogP contribution < -0.4 is 0 Å². The van der Waals surface area contributed by atoms with Gasteiger partial charge in [-0.3, -0.25) is 14.6 Å². The van der Waals surface area contributed by atoms with E-state index in [2.05, 4.69) is 4.99 Å². The quantitative estimate of drug-likeness (QED) is 0.818. The van der Waals surface area contributed by atoms with Crippen LogP contribution in [0, 0.1) is 5.92 Å². The lowest BCUT2D eigenvalue weighted by molar-refractivity contribution is -0.151. The smallest absolute Gasteiger partial charge is 0.315 e. The SMILES string of the molecule is CC1=NC2=C(C(=O)CCC2)[C@@H](c2cccc(O)c2)C1C(=O)OC1CCCC1. The number of carbonyl (C=O) groups excluding carboxylic acids is 2. The average molecular weight is 367 g/mol. The molecule has 1 aromatic rings. The number of esters is 1. The molecular weight excluding hydrogens is 342 g/mol. The van der Waals surface area contributed by atoms with E-state index in [4.69, 9.17) is 4.74 Å². The number of hydrogen-bond acceptors (Lipinski definition) is 5. The van der Waals surface area contributed by atoms with Crippen LogP contribution in [0.15, 0.2) is 40.5 Å². The number of ether oxygens (including phenoxy) is 1. The first kappa shape index (κ1) is 18.0. The number of hydrogen-bond donors (Lipinski definition) is 1. The summed E-state index contributed by atoms with van der Waals surface area (Å²) in [6.45, 7) is 1.85. The highest BCUT2D eigenvalue weighted by molar-refractivity contribution is 6.08. The lowest BCUT2D eigenvalue weighted by atomic mass is 9.71. The van der Waals surface area contributed by atoms with Gasteiger partial charge in [-0.25, -0.2) is 0 Å². The topological polar surface area (TPSA) is 76.0 Å². The maximum absolute atomic E-state index is 13.1. The van der Waals surface area contributed by atoms with Crippen LogP contribution in [-0.2, 0) is 14.3 Å². The van der Waals surface area contributed by atoms with E-state index in [9.17, 15) is 14.7 Å². The Labute approximate surface area is 159 Å². The van der Waals surface area contributed by atoms with Gasteiger partial charge in [0.1, 0.15) is 17.8 Å². The Morgan fingerprint density at radius 1 is 1.19 bits per heavy atom. The number of allylic oxidation sites excluding steroid dienone is 2. The van der Waals surface area contributed by atoms with E-state index in [1.54, 1.807) is 18.2 Å². The Balaban J connectivity index is 1.76. The average Bonchev–Trinajstić information content (AvgIpc) is 3.13. The predicted molar refractivity (Wildman–Crippen MR) is 102 cm³/mol. The highest BCUT2D eigenvalue weighted by atomic mass is 16.5. The molecule has 142 valence electrons. The van der Waals surface area contributed by atoms with Gasteiger partial charge in [-0.1, -0.05) is 12.1 Å². The van der Waals surface area contributed by atoms with Gasteiger partial charge in [-0.2, -0.15) is 0 Å². The van der Waals surface area contributed by atoms with Crippen molar-refractivity contribution in [3.05, 3.63) is 41.1 Å². The highest BCUT2D eigenvalue weighted by Crippen LogP contribution is 2.44. The Morgan fingerprint density at radius 2 is 1.96 bits per heavy atom. The fourth-order valence-corrected chi connectivity index (χ4v) is 4.63. The van der Waals surface area contributed by atoms with Crippen molar-refractivity contribution in [1.29, 1.82) is 0 Å². The second kappa shape index (κ2) is 7.29. The van der Waals surface area contributed by atoms with E-state index < -0.39 is 11.8 Å². The Kier molecular flexibility index (Phi) is 4.85. The van der Waals surface area contributed by atoms with Crippen molar-refractivity contribution in [2.45, 2.75) is 63.9 Å². The van der Waals surface area contributed by atoms with E-state index >= 15 is 0 Å². The number of benzene rings is 1. The monoisotopic (exact) mass is 367 g/mol. The van der Waals surface area contributed by atoms with Gasteiger partial charge in [-0.05, 0) is 63.1 Å². The van der Waals surface area contributed by atoms with E-state index in [1.165, 1.54) is 0 Å². The van der Waals surface area contributed by atoms with Crippen LogP contribution in [0.1, 0.15) is 63.4 Å². The number of aromatic hydroxyl groups is 1. The maximum atomic E-state index is 13.1. The van der Waals surface area contributed by atoms with Crippen LogP contribution >= 0.6 is 0 Å². The number of Topliss-reactive ketones (excluding diaryl/α,β-unsaturated/α-hetero) is 1. The molecule has 3 aliphatic rings. The van der Waals surface area contributed by atoms with Crippen molar-refractivity contribution in [2.24, 2.45) is 10.9 Å². The number of nitrogens with zero attached hydrogens (tertiary/aromatic N) is 1. The summed E-state index contributed by atoms with van der Waals surface area (Å²) in [6.07, 6.45) is 5.95. The number of phenols is 1. The van der Waals surface area contributed by atoms with Crippen molar-refractivity contribution in [1.82, 2.24) is 0 Å². The predicted octanol–water partition coefficient (Wildman–Crippen LogP) is 4.06. The zero-order chi connectivity index (χ0) is 19.0. The Hall–Kier alpha value is -2.43. The fraction of sp³-hybridized carbons (Fsp3) is 0.500. The third kappa shape index (κ3) is 3.43. The second-order valence-electron chi connectivity index (χ2n) is 7.78. The first-order valence-corrected chi connectivity index (χ1v) is 9.85. The largest absolute Gasteiger partial charge is 0.508 e. The lowest BCUT2D eigenvalue weighted by Crippen LogP contribution is -2.38. The zero-order valence-corrected chi connectivity index (χ0v) is 15.6. The molecule has 27 heavy (non-hydrogen) atoms. The summed E-state index contributed by atoms with van der Waals surface area (Å²) in [7, 11) is 0. The molecule has 1 N–H and O–H groups in total. The number of carbonyl (C=O) groups is 2. The van der Waals surface area contributed by atoms with Gasteiger partial charge >= 0.3 is 5.97 Å². The molecule has 1 heterocycles. The molecule has 1 unspecified atom stereocenters. The van der Waals surface area contributed by atoms with Gasteiger partial charge in [0.2, 0.25) is 0 Å². The Morgan fingerprint density at radius 3 is 2.70 bits per heavy atom. The van der Waals surface area contributed by atoms with Crippen molar-refractivity contribution in [3.8, 4) is 5.75 Å².